The van der Waals surface area contributed by atoms with Crippen molar-refractivity contribution < 1.29 is 4.79 Å². The summed E-state index contributed by atoms with van der Waals surface area (Å²) in [6.07, 6.45) is 2.82. The van der Waals surface area contributed by atoms with Gasteiger partial charge in [-0.25, -0.2) is 0 Å². The summed E-state index contributed by atoms with van der Waals surface area (Å²) in [5.41, 5.74) is 5.12. The molecule has 0 spiro atoms. The second-order valence-electron chi connectivity index (χ2n) is 8.22. The van der Waals surface area contributed by atoms with Crippen LogP contribution in [0.15, 0.2) is 42.6 Å². The third kappa shape index (κ3) is 3.44. The Hall–Kier alpha value is -2.90. The first-order valence-electron chi connectivity index (χ1n) is 10.2. The minimum Gasteiger partial charge on any atom is -0.359 e. The van der Waals surface area contributed by atoms with Crippen molar-refractivity contribution in [1.29, 1.82) is 0 Å². The number of amides is 1. The maximum atomic E-state index is 13.1. The molecule has 4 heterocycles. The molecular formula is C23H25N5OS. The van der Waals surface area contributed by atoms with Gasteiger partial charge in [0.05, 0.1) is 20.8 Å². The monoisotopic (exact) mass is 419 g/mol. The van der Waals surface area contributed by atoms with Gasteiger partial charge in [0.25, 0.3) is 5.91 Å². The number of nitrogens with one attached hydrogen (secondary N) is 2. The molecule has 1 aliphatic rings. The Morgan fingerprint density at radius 3 is 2.93 bits per heavy atom. The Kier molecular flexibility index (Phi) is 4.72. The smallest absolute Gasteiger partial charge is 0.264 e. The van der Waals surface area contributed by atoms with Gasteiger partial charge in [0.15, 0.2) is 0 Å². The molecule has 0 aliphatic carbocycles. The largest absolute Gasteiger partial charge is 0.359 e. The summed E-state index contributed by atoms with van der Waals surface area (Å²) in [6.45, 7) is 3.66. The first kappa shape index (κ1) is 19.1. The molecule has 2 N–H and O–H groups in total. The third-order valence-corrected chi connectivity index (χ3v) is 6.98. The summed E-state index contributed by atoms with van der Waals surface area (Å²) in [5, 5.41) is 4.69. The van der Waals surface area contributed by atoms with Crippen LogP contribution in [-0.2, 0) is 0 Å². The Balaban J connectivity index is 1.42. The molecule has 0 saturated carbocycles. The van der Waals surface area contributed by atoms with Crippen molar-refractivity contribution >= 4 is 49.7 Å². The Labute approximate surface area is 179 Å². The van der Waals surface area contributed by atoms with Crippen molar-refractivity contribution in [2.45, 2.75) is 19.4 Å². The van der Waals surface area contributed by atoms with Gasteiger partial charge in [-0.05, 0) is 63.8 Å². The average Bonchev–Trinajstić information content (AvgIpc) is 3.44. The highest BCUT2D eigenvalue weighted by Gasteiger charge is 2.29. The van der Waals surface area contributed by atoms with Crippen molar-refractivity contribution in [3.05, 3.63) is 53.2 Å². The number of rotatable bonds is 4. The van der Waals surface area contributed by atoms with Crippen molar-refractivity contribution in [3.63, 3.8) is 0 Å². The second kappa shape index (κ2) is 7.41. The van der Waals surface area contributed by atoms with Crippen molar-refractivity contribution in [2.24, 2.45) is 0 Å². The molecule has 0 radical (unpaired) electrons. The number of nitrogens with zero attached hydrogens (tertiary/aromatic N) is 3. The molecular weight excluding hydrogens is 394 g/mol. The lowest BCUT2D eigenvalue weighted by molar-refractivity contribution is 0.0788. The van der Waals surface area contributed by atoms with Crippen LogP contribution in [0, 0.1) is 6.92 Å². The molecule has 5 rings (SSSR count). The third-order valence-electron chi connectivity index (χ3n) is 5.84. The second-order valence-corrected chi connectivity index (χ2v) is 9.27. The van der Waals surface area contributed by atoms with Crippen LogP contribution < -0.4 is 5.32 Å². The molecule has 1 fully saturated rings. The fraction of sp³-hybridized carbons (Fsp3) is 0.304. The highest BCUT2D eigenvalue weighted by atomic mass is 32.1. The summed E-state index contributed by atoms with van der Waals surface area (Å²) < 4.78 is 1.01. The predicted octanol–water partition coefficient (Wildman–Crippen LogP) is 4.61. The lowest BCUT2D eigenvalue weighted by Crippen LogP contribution is -2.34. The zero-order valence-electron chi connectivity index (χ0n) is 17.4. The van der Waals surface area contributed by atoms with Gasteiger partial charge < -0.3 is 20.1 Å². The maximum Gasteiger partial charge on any atom is 0.264 e. The number of anilines is 2. The molecule has 1 saturated heterocycles. The van der Waals surface area contributed by atoms with Gasteiger partial charge in [0.2, 0.25) is 0 Å². The summed E-state index contributed by atoms with van der Waals surface area (Å²) in [4.78, 5) is 25.8. The molecule has 6 nitrogen and oxygen atoms in total. The van der Waals surface area contributed by atoms with Crippen molar-refractivity contribution in [1.82, 2.24) is 19.8 Å². The van der Waals surface area contributed by atoms with Crippen LogP contribution in [0.2, 0.25) is 0 Å². The number of likely N-dealkylation sites (N-methyl/N-ethyl adjacent to an activating group) is 1. The van der Waals surface area contributed by atoms with Crippen LogP contribution in [0.1, 0.15) is 21.8 Å². The maximum absolute atomic E-state index is 13.1. The Bertz CT molecular complexity index is 1240. The number of fused-ring (bicyclic) bond motifs is 2. The number of hydrogen-bond donors (Lipinski definition) is 2. The Morgan fingerprint density at radius 2 is 2.13 bits per heavy atom. The number of hydrogen-bond acceptors (Lipinski definition) is 5. The number of aromatic nitrogens is 2. The number of carbonyl (C=O) groups is 1. The number of aromatic amines is 1. The van der Waals surface area contributed by atoms with Crippen molar-refractivity contribution in [3.8, 4) is 0 Å². The minimum absolute atomic E-state index is 0.109. The normalized spacial score (nSPS) is 16.8. The Morgan fingerprint density at radius 1 is 1.27 bits per heavy atom. The molecule has 0 bridgehead atoms. The van der Waals surface area contributed by atoms with Gasteiger partial charge in [-0.3, -0.25) is 9.78 Å². The highest BCUT2D eigenvalue weighted by Crippen LogP contribution is 2.34. The first-order chi connectivity index (χ1) is 14.5. The van der Waals surface area contributed by atoms with Gasteiger partial charge in [-0.2, -0.15) is 0 Å². The summed E-state index contributed by atoms with van der Waals surface area (Å²) >= 11 is 1.52. The zero-order chi connectivity index (χ0) is 20.8. The molecule has 1 amide bonds. The van der Waals surface area contributed by atoms with E-state index in [-0.39, 0.29) is 5.91 Å². The number of aryl methyl sites for hydroxylation is 1. The van der Waals surface area contributed by atoms with Crippen LogP contribution in [0.25, 0.3) is 21.1 Å². The van der Waals surface area contributed by atoms with E-state index in [4.69, 9.17) is 0 Å². The van der Waals surface area contributed by atoms with E-state index in [0.29, 0.717) is 6.04 Å². The average molecular weight is 420 g/mol. The number of pyridine rings is 1. The quantitative estimate of drug-likeness (QED) is 0.507. The number of H-pyrrole nitrogens is 1. The van der Waals surface area contributed by atoms with E-state index < -0.39 is 0 Å². The fourth-order valence-corrected chi connectivity index (χ4v) is 5.21. The van der Waals surface area contributed by atoms with Crippen molar-refractivity contribution in [2.75, 3.05) is 32.5 Å². The minimum atomic E-state index is 0.109. The molecule has 1 aliphatic heterocycles. The zero-order valence-corrected chi connectivity index (χ0v) is 18.2. The van der Waals surface area contributed by atoms with E-state index in [0.717, 1.165) is 57.2 Å². The number of benzene rings is 1. The van der Waals surface area contributed by atoms with Gasteiger partial charge in [-0.1, -0.05) is 0 Å². The van der Waals surface area contributed by atoms with E-state index in [1.807, 2.05) is 17.0 Å². The summed E-state index contributed by atoms with van der Waals surface area (Å²) in [5.74, 6) is 0.109. The molecule has 3 aromatic heterocycles. The summed E-state index contributed by atoms with van der Waals surface area (Å²) in [7, 11) is 4.15. The molecule has 1 aromatic carbocycles. The fourth-order valence-electron chi connectivity index (χ4n) is 4.16. The van der Waals surface area contributed by atoms with Gasteiger partial charge in [-0.15, -0.1) is 11.3 Å². The lowest BCUT2D eigenvalue weighted by atomic mass is 10.2. The molecule has 1 atom stereocenters. The lowest BCUT2D eigenvalue weighted by Gasteiger charge is -2.19. The first-order valence-corrected chi connectivity index (χ1v) is 11.0. The van der Waals surface area contributed by atoms with E-state index in [1.165, 1.54) is 16.7 Å². The van der Waals surface area contributed by atoms with Gasteiger partial charge >= 0.3 is 0 Å². The predicted molar refractivity (Wildman–Crippen MR) is 124 cm³/mol. The van der Waals surface area contributed by atoms with E-state index in [1.54, 1.807) is 6.20 Å². The topological polar surface area (TPSA) is 64.3 Å². The molecule has 154 valence electrons. The highest BCUT2D eigenvalue weighted by molar-refractivity contribution is 7.21. The molecule has 30 heavy (non-hydrogen) atoms. The molecule has 4 aromatic rings. The van der Waals surface area contributed by atoms with Gasteiger partial charge in [0.1, 0.15) is 0 Å². The molecule has 7 heteroatoms. The summed E-state index contributed by atoms with van der Waals surface area (Å²) in [6, 6.07) is 12.8. The van der Waals surface area contributed by atoms with Crippen LogP contribution in [-0.4, -0.2) is 58.9 Å². The molecule has 0 unspecified atom stereocenters. The van der Waals surface area contributed by atoms with Crippen LogP contribution in [0.4, 0.5) is 11.4 Å². The van der Waals surface area contributed by atoms with Gasteiger partial charge in [0, 0.05) is 47.6 Å². The van der Waals surface area contributed by atoms with Crippen LogP contribution >= 0.6 is 11.3 Å². The number of carbonyl (C=O) groups excluding carboxylic acids is 1. The van der Waals surface area contributed by atoms with Crippen LogP contribution in [0.3, 0.4) is 0 Å². The standard InChI is InChI=1S/C23H25N5OS/c1-14-10-15-11-16(4-5-18(15)25-14)26-19-6-8-24-20-12-21(30-22(19)20)23(29)28-9-7-17(13-28)27(2)3/h4-6,8,10-12,17,25H,7,9,13H2,1-3H3,(H,24,26)/t17-/m1/s1. The van der Waals surface area contributed by atoms with E-state index >= 15 is 0 Å². The van der Waals surface area contributed by atoms with E-state index in [9.17, 15) is 4.79 Å². The number of thiophene rings is 1. The number of likely N-dealkylation sites (tertiary alicyclic amines) is 1. The van der Waals surface area contributed by atoms with Crippen LogP contribution in [0.5, 0.6) is 0 Å². The SMILES string of the molecule is Cc1cc2cc(Nc3ccnc4cc(C(=O)N5CC[C@@H](N(C)C)C5)sc34)ccc2[nH]1. The van der Waals surface area contributed by atoms with E-state index in [2.05, 4.69) is 65.5 Å².